The number of rotatable bonds is 7. The predicted molar refractivity (Wildman–Crippen MR) is 187 cm³/mol. The number of phenols is 1. The Morgan fingerprint density at radius 1 is 0.942 bits per heavy atom. The first kappa shape index (κ1) is 36.8. The van der Waals surface area contributed by atoms with Gasteiger partial charge in [0, 0.05) is 54.5 Å². The van der Waals surface area contributed by atoms with E-state index in [9.17, 15) is 31.9 Å². The predicted octanol–water partition coefficient (Wildman–Crippen LogP) is 9.78. The van der Waals surface area contributed by atoms with E-state index in [0.29, 0.717) is 61.2 Å². The number of para-hydroxylation sites is 2. The Kier molecular flexibility index (Phi) is 9.58. The van der Waals surface area contributed by atoms with Crippen molar-refractivity contribution in [3.63, 3.8) is 0 Å². The third-order valence-electron chi connectivity index (χ3n) is 9.20. The molecule has 8 nitrogen and oxygen atoms in total. The van der Waals surface area contributed by atoms with Gasteiger partial charge >= 0.3 is 18.3 Å². The van der Waals surface area contributed by atoms with Crippen molar-refractivity contribution in [2.24, 2.45) is 5.41 Å². The van der Waals surface area contributed by atoms with E-state index < -0.39 is 35.2 Å². The summed E-state index contributed by atoms with van der Waals surface area (Å²) in [5.74, 6) is -1.23. The number of anilines is 4. The van der Waals surface area contributed by atoms with Crippen LogP contribution in [0.1, 0.15) is 51.8 Å². The van der Waals surface area contributed by atoms with E-state index in [0.717, 1.165) is 24.9 Å². The zero-order valence-electron chi connectivity index (χ0n) is 29.0. The number of likely N-dealkylation sites (tertiary alicyclic amines) is 1. The molecular formula is C38H39F6N5O3. The first-order valence-electron chi connectivity index (χ1n) is 16.8. The number of carbonyl (C=O) groups is 1. The Morgan fingerprint density at radius 3 is 2.21 bits per heavy atom. The van der Waals surface area contributed by atoms with Crippen molar-refractivity contribution in [1.82, 2.24) is 9.88 Å². The summed E-state index contributed by atoms with van der Waals surface area (Å²) in [6.07, 6.45) is -5.91. The smallest absolute Gasteiger partial charge is 0.433 e. The lowest BCUT2D eigenvalue weighted by atomic mass is 9.71. The topological polar surface area (TPSA) is 90.0 Å². The van der Waals surface area contributed by atoms with Crippen LogP contribution in [0.2, 0.25) is 0 Å². The van der Waals surface area contributed by atoms with Gasteiger partial charge in [-0.3, -0.25) is 4.98 Å². The average Bonchev–Trinajstić information content (AvgIpc) is 3.36. The normalized spacial score (nSPS) is 16.2. The van der Waals surface area contributed by atoms with Gasteiger partial charge in [0.2, 0.25) is 0 Å². The fourth-order valence-corrected chi connectivity index (χ4v) is 7.20. The zero-order chi connectivity index (χ0) is 37.6. The minimum absolute atomic E-state index is 0.0245. The van der Waals surface area contributed by atoms with Crippen molar-refractivity contribution in [1.29, 1.82) is 0 Å². The SMILES string of the molecule is CC(C)(C)CN1CCC2(CC1)CN(c1ccccc1NC(=O)Nc1ccc(OC(C)(F)F)cc1)c1c(O)cc(F)c(-c3ccc(C(F)(F)F)nc3)c12. The maximum atomic E-state index is 16.1. The second-order valence-corrected chi connectivity index (χ2v) is 14.6. The number of amides is 2. The van der Waals surface area contributed by atoms with Crippen LogP contribution in [0.25, 0.3) is 11.1 Å². The molecule has 0 saturated carbocycles. The molecule has 6 rings (SSSR count). The number of piperidine rings is 1. The van der Waals surface area contributed by atoms with Crippen LogP contribution in [-0.2, 0) is 11.6 Å². The summed E-state index contributed by atoms with van der Waals surface area (Å²) in [6.45, 7) is 9.48. The van der Waals surface area contributed by atoms with Crippen molar-refractivity contribution < 1.29 is 41.0 Å². The van der Waals surface area contributed by atoms with E-state index in [2.05, 4.69) is 46.0 Å². The van der Waals surface area contributed by atoms with Crippen molar-refractivity contribution >= 4 is 28.8 Å². The van der Waals surface area contributed by atoms with Gasteiger partial charge in [-0.25, -0.2) is 9.18 Å². The summed E-state index contributed by atoms with van der Waals surface area (Å²) in [5.41, 5.74) is 0.301. The van der Waals surface area contributed by atoms with Crippen molar-refractivity contribution in [2.45, 2.75) is 58.2 Å². The monoisotopic (exact) mass is 727 g/mol. The fourth-order valence-electron chi connectivity index (χ4n) is 7.20. The summed E-state index contributed by atoms with van der Waals surface area (Å²) < 4.78 is 87.4. The molecule has 0 radical (unpaired) electrons. The number of hydrogen-bond acceptors (Lipinski definition) is 6. The van der Waals surface area contributed by atoms with Crippen molar-refractivity contribution in [3.8, 4) is 22.6 Å². The van der Waals surface area contributed by atoms with Crippen molar-refractivity contribution in [3.05, 3.63) is 90.0 Å². The minimum atomic E-state index is -4.68. The van der Waals surface area contributed by atoms with Gasteiger partial charge in [0.25, 0.3) is 0 Å². The number of hydrogen-bond donors (Lipinski definition) is 3. The van der Waals surface area contributed by atoms with Crippen molar-refractivity contribution in [2.75, 3.05) is 41.7 Å². The lowest BCUT2D eigenvalue weighted by Crippen LogP contribution is -2.47. The molecular weight excluding hydrogens is 688 g/mol. The van der Waals surface area contributed by atoms with Crippen LogP contribution >= 0.6 is 0 Å². The highest BCUT2D eigenvalue weighted by molar-refractivity contribution is 6.03. The first-order chi connectivity index (χ1) is 24.3. The van der Waals surface area contributed by atoms with E-state index >= 15 is 4.39 Å². The molecule has 0 atom stereocenters. The standard InChI is InChI=1S/C38H39F6N5O3/c1-35(2,3)21-48-17-15-37(16-18-48)22-49(33-29(50)19-26(39)31(32(33)37)23-9-14-30(45-20-23)38(42,43)44)28-8-6-5-7-27(28)47-34(51)46-24-10-12-25(13-11-24)52-36(4,40)41/h5-14,19-20,50H,15-18,21-22H2,1-4H3,(H2,46,47,51). The molecule has 0 bridgehead atoms. The van der Waals surface area contributed by atoms with Gasteiger partial charge in [-0.2, -0.15) is 22.0 Å². The van der Waals surface area contributed by atoms with Crippen LogP contribution in [0.15, 0.2) is 72.9 Å². The largest absolute Gasteiger partial charge is 0.506 e. The fraction of sp³-hybridized carbons (Fsp3) is 0.368. The second kappa shape index (κ2) is 13.5. The molecule has 0 aliphatic carbocycles. The summed E-state index contributed by atoms with van der Waals surface area (Å²) in [6, 6.07) is 14.6. The average molecular weight is 728 g/mol. The van der Waals surface area contributed by atoms with Crippen LogP contribution in [0.3, 0.4) is 0 Å². The number of halogens is 6. The molecule has 52 heavy (non-hydrogen) atoms. The Bertz CT molecular complexity index is 1930. The molecule has 2 aliphatic rings. The third-order valence-corrected chi connectivity index (χ3v) is 9.20. The number of fused-ring (bicyclic) bond motifs is 2. The molecule has 0 unspecified atom stereocenters. The number of pyridine rings is 1. The van der Waals surface area contributed by atoms with E-state index in [1.54, 1.807) is 24.3 Å². The lowest BCUT2D eigenvalue weighted by Gasteiger charge is -2.42. The molecule has 2 amide bonds. The number of nitrogens with one attached hydrogen (secondary N) is 2. The molecule has 4 aromatic rings. The number of urea groups is 1. The van der Waals surface area contributed by atoms with Crippen LogP contribution in [-0.4, -0.2) is 53.3 Å². The number of carbonyl (C=O) groups excluding carboxylic acids is 1. The van der Waals surface area contributed by atoms with Gasteiger partial charge in [0.15, 0.2) is 0 Å². The first-order valence-corrected chi connectivity index (χ1v) is 16.8. The zero-order valence-corrected chi connectivity index (χ0v) is 29.0. The van der Waals surface area contributed by atoms with E-state index in [-0.39, 0.29) is 34.6 Å². The molecule has 1 fully saturated rings. The molecule has 276 valence electrons. The summed E-state index contributed by atoms with van der Waals surface area (Å²) in [5, 5.41) is 16.9. The maximum Gasteiger partial charge on any atom is 0.433 e. The Labute approximate surface area is 297 Å². The Balaban J connectivity index is 1.38. The van der Waals surface area contributed by atoms with Gasteiger partial charge in [-0.15, -0.1) is 0 Å². The van der Waals surface area contributed by atoms with Gasteiger partial charge in [0.05, 0.1) is 17.1 Å². The van der Waals surface area contributed by atoms with E-state index in [4.69, 9.17) is 0 Å². The molecule has 1 aromatic heterocycles. The number of phenolic OH excluding ortho intramolecular Hbond substituents is 1. The number of ether oxygens (including phenoxy) is 1. The molecule has 3 aromatic carbocycles. The minimum Gasteiger partial charge on any atom is -0.506 e. The highest BCUT2D eigenvalue weighted by Crippen LogP contribution is 2.58. The molecule has 2 aliphatic heterocycles. The highest BCUT2D eigenvalue weighted by Gasteiger charge is 2.49. The van der Waals surface area contributed by atoms with Gasteiger partial charge in [-0.05, 0) is 79.4 Å². The van der Waals surface area contributed by atoms with E-state index in [1.165, 1.54) is 30.3 Å². The molecule has 3 heterocycles. The molecule has 14 heteroatoms. The Hall–Kier alpha value is -4.98. The summed E-state index contributed by atoms with van der Waals surface area (Å²) in [4.78, 5) is 21.0. The highest BCUT2D eigenvalue weighted by atomic mass is 19.4. The second-order valence-electron chi connectivity index (χ2n) is 14.6. The molecule has 3 N–H and O–H groups in total. The maximum absolute atomic E-state index is 16.1. The third kappa shape index (κ3) is 7.91. The number of nitrogens with zero attached hydrogens (tertiary/aromatic N) is 3. The number of benzene rings is 3. The molecule has 1 spiro atoms. The van der Waals surface area contributed by atoms with Crippen LogP contribution in [0, 0.1) is 11.2 Å². The number of alkyl halides is 5. The van der Waals surface area contributed by atoms with Gasteiger partial charge < -0.3 is 30.3 Å². The van der Waals surface area contributed by atoms with Crippen LogP contribution in [0.4, 0.5) is 53.9 Å². The van der Waals surface area contributed by atoms with Gasteiger partial charge in [-0.1, -0.05) is 39.0 Å². The lowest BCUT2D eigenvalue weighted by molar-refractivity contribution is -0.159. The number of aromatic nitrogens is 1. The number of aromatic hydroxyl groups is 1. The molecule has 1 saturated heterocycles. The van der Waals surface area contributed by atoms with E-state index in [1.807, 2.05) is 4.90 Å². The van der Waals surface area contributed by atoms with Crippen LogP contribution < -0.4 is 20.3 Å². The Morgan fingerprint density at radius 2 is 1.62 bits per heavy atom. The quantitative estimate of drug-likeness (QED) is 0.164. The summed E-state index contributed by atoms with van der Waals surface area (Å²) >= 11 is 0. The van der Waals surface area contributed by atoms with Gasteiger partial charge in [0.1, 0.15) is 23.0 Å². The summed E-state index contributed by atoms with van der Waals surface area (Å²) in [7, 11) is 0. The van der Waals surface area contributed by atoms with Crippen LogP contribution in [0.5, 0.6) is 11.5 Å².